The number of nitro groups is 2. The summed E-state index contributed by atoms with van der Waals surface area (Å²) in [5.41, 5.74) is -0.600. The van der Waals surface area contributed by atoms with Crippen molar-refractivity contribution < 1.29 is 14.6 Å². The molecule has 0 radical (unpaired) electrons. The first-order valence-corrected chi connectivity index (χ1v) is 4.50. The Morgan fingerprint density at radius 2 is 1.68 bits per heavy atom. The van der Waals surface area contributed by atoms with Gasteiger partial charge in [-0.1, -0.05) is 0 Å². The van der Waals surface area contributed by atoms with Crippen LogP contribution < -0.4 is 4.74 Å². The van der Waals surface area contributed by atoms with E-state index in [1.807, 2.05) is 0 Å². The molecule has 0 fully saturated rings. The molecule has 1 aromatic rings. The Morgan fingerprint density at radius 3 is 2.05 bits per heavy atom. The molecule has 11 heteroatoms. The van der Waals surface area contributed by atoms with Gasteiger partial charge in [0.25, 0.3) is 0 Å². The summed E-state index contributed by atoms with van der Waals surface area (Å²) in [5.74, 6) is -4.18. The Morgan fingerprint density at radius 1 is 1.16 bits per heavy atom. The van der Waals surface area contributed by atoms with Gasteiger partial charge in [-0.15, -0.1) is 0 Å². The summed E-state index contributed by atoms with van der Waals surface area (Å²) < 4.78 is 4.56. The van der Waals surface area contributed by atoms with Crippen molar-refractivity contribution in [2.75, 3.05) is 7.11 Å². The Kier molecular flexibility index (Phi) is 3.85. The summed E-state index contributed by atoms with van der Waals surface area (Å²) in [6.07, 6.45) is 0. The molecule has 1 heterocycles. The van der Waals surface area contributed by atoms with Crippen molar-refractivity contribution in [1.82, 2.24) is 9.97 Å². The Balaban J connectivity index is 3.65. The molecule has 0 N–H and O–H groups in total. The van der Waals surface area contributed by atoms with Crippen LogP contribution in [0.4, 0.5) is 11.6 Å². The van der Waals surface area contributed by atoms with Gasteiger partial charge >= 0.3 is 17.5 Å². The van der Waals surface area contributed by atoms with Crippen molar-refractivity contribution in [3.63, 3.8) is 0 Å². The molecule has 0 spiro atoms. The fraction of sp³-hybridized carbons (Fsp3) is 0.250. The number of methoxy groups -OCH3 is 1. The van der Waals surface area contributed by atoms with Gasteiger partial charge in [0, 0.05) is 4.98 Å². The maximum atomic E-state index is 10.8. The Bertz CT molecular complexity index is 616. The predicted octanol–water partition coefficient (Wildman–Crippen LogP) is 0.432. The fourth-order valence-electron chi connectivity index (χ4n) is 1.15. The lowest BCUT2D eigenvalue weighted by molar-refractivity contribution is -0.404. The SMILES string of the molecule is COc1nc(C(C#N)C#N)c([N+](=O)[O-])nc1[N+](=O)[O-]. The van der Waals surface area contributed by atoms with Gasteiger partial charge in [-0.3, -0.25) is 0 Å². The quantitative estimate of drug-likeness (QED) is 0.552. The van der Waals surface area contributed by atoms with Crippen LogP contribution in [0.25, 0.3) is 0 Å². The Labute approximate surface area is 105 Å². The van der Waals surface area contributed by atoms with Crippen LogP contribution in [0.2, 0.25) is 0 Å². The largest absolute Gasteiger partial charge is 0.475 e. The van der Waals surface area contributed by atoms with Gasteiger partial charge in [0.05, 0.1) is 19.2 Å². The number of hydrogen-bond donors (Lipinski definition) is 0. The van der Waals surface area contributed by atoms with Gasteiger partial charge in [0.1, 0.15) is 0 Å². The minimum Gasteiger partial charge on any atom is -0.475 e. The van der Waals surface area contributed by atoms with E-state index in [1.54, 1.807) is 0 Å². The molecule has 0 unspecified atom stereocenters. The van der Waals surface area contributed by atoms with Crippen LogP contribution in [0.3, 0.4) is 0 Å². The lowest BCUT2D eigenvalue weighted by atomic mass is 10.1. The van der Waals surface area contributed by atoms with E-state index in [-0.39, 0.29) is 0 Å². The van der Waals surface area contributed by atoms with Gasteiger partial charge in [-0.25, -0.2) is 0 Å². The van der Waals surface area contributed by atoms with Gasteiger partial charge in [0.15, 0.2) is 11.6 Å². The molecule has 0 aliphatic rings. The van der Waals surface area contributed by atoms with E-state index >= 15 is 0 Å². The molecular formula is C8H4N6O5. The van der Waals surface area contributed by atoms with E-state index in [1.165, 1.54) is 12.1 Å². The summed E-state index contributed by atoms with van der Waals surface area (Å²) in [6, 6.07) is 2.94. The second-order valence-corrected chi connectivity index (χ2v) is 2.97. The summed E-state index contributed by atoms with van der Waals surface area (Å²) in [5, 5.41) is 38.8. The van der Waals surface area contributed by atoms with E-state index in [9.17, 15) is 20.2 Å². The van der Waals surface area contributed by atoms with Crippen LogP contribution in [0, 0.1) is 42.9 Å². The molecule has 19 heavy (non-hydrogen) atoms. The normalized spacial score (nSPS) is 9.47. The molecule has 1 aromatic heterocycles. The average molecular weight is 264 g/mol. The maximum Gasteiger partial charge on any atom is 0.431 e. The zero-order valence-corrected chi connectivity index (χ0v) is 9.30. The number of rotatable bonds is 4. The fourth-order valence-corrected chi connectivity index (χ4v) is 1.15. The molecule has 0 amide bonds. The molecule has 1 rings (SSSR count). The van der Waals surface area contributed by atoms with E-state index in [2.05, 4.69) is 14.7 Å². The van der Waals surface area contributed by atoms with Crippen LogP contribution in [0.15, 0.2) is 0 Å². The summed E-state index contributed by atoms with van der Waals surface area (Å²) in [6.45, 7) is 0. The molecule has 0 aliphatic carbocycles. The van der Waals surface area contributed by atoms with Crippen molar-refractivity contribution in [3.05, 3.63) is 25.9 Å². The predicted molar refractivity (Wildman–Crippen MR) is 55.9 cm³/mol. The van der Waals surface area contributed by atoms with Crippen molar-refractivity contribution >= 4 is 11.6 Å². The molecule has 11 nitrogen and oxygen atoms in total. The number of ether oxygens (including phenoxy) is 1. The maximum absolute atomic E-state index is 10.8. The minimum absolute atomic E-state index is 0.600. The highest BCUT2D eigenvalue weighted by atomic mass is 16.6. The average Bonchev–Trinajstić information content (AvgIpc) is 2.38. The van der Waals surface area contributed by atoms with Gasteiger partial charge in [-0.2, -0.15) is 15.5 Å². The third-order valence-electron chi connectivity index (χ3n) is 1.93. The van der Waals surface area contributed by atoms with Crippen LogP contribution in [-0.4, -0.2) is 26.9 Å². The highest BCUT2D eigenvalue weighted by Crippen LogP contribution is 2.30. The first-order valence-electron chi connectivity index (χ1n) is 4.50. The van der Waals surface area contributed by atoms with Crippen molar-refractivity contribution in [3.8, 4) is 18.0 Å². The van der Waals surface area contributed by atoms with Gasteiger partial charge in [0.2, 0.25) is 0 Å². The first kappa shape index (κ1) is 13.7. The molecule has 0 bridgehead atoms. The molecular weight excluding hydrogens is 260 g/mol. The third kappa shape index (κ3) is 2.50. The van der Waals surface area contributed by atoms with E-state index in [4.69, 9.17) is 10.5 Å². The Hall–Kier alpha value is -3.34. The monoisotopic (exact) mass is 264 g/mol. The second kappa shape index (κ2) is 5.33. The second-order valence-electron chi connectivity index (χ2n) is 2.97. The highest BCUT2D eigenvalue weighted by Gasteiger charge is 2.32. The molecule has 0 saturated carbocycles. The molecule has 0 atom stereocenters. The van der Waals surface area contributed by atoms with Crippen LogP contribution in [0.5, 0.6) is 5.88 Å². The first-order chi connectivity index (χ1) is 8.96. The lowest BCUT2D eigenvalue weighted by Crippen LogP contribution is -2.09. The third-order valence-corrected chi connectivity index (χ3v) is 1.93. The zero-order valence-electron chi connectivity index (χ0n) is 9.30. The van der Waals surface area contributed by atoms with Crippen molar-refractivity contribution in [2.24, 2.45) is 0 Å². The van der Waals surface area contributed by atoms with Crippen molar-refractivity contribution in [1.29, 1.82) is 10.5 Å². The number of hydrogen-bond acceptors (Lipinski definition) is 9. The number of nitrogens with zero attached hydrogens (tertiary/aromatic N) is 6. The van der Waals surface area contributed by atoms with Crippen molar-refractivity contribution in [2.45, 2.75) is 5.92 Å². The van der Waals surface area contributed by atoms with E-state index in [0.29, 0.717) is 0 Å². The molecule has 0 aliphatic heterocycles. The summed E-state index contributed by atoms with van der Waals surface area (Å²) in [7, 11) is 1.04. The smallest absolute Gasteiger partial charge is 0.431 e. The van der Waals surface area contributed by atoms with Gasteiger partial charge in [-0.05, 0) is 9.85 Å². The topological polar surface area (TPSA) is 169 Å². The highest BCUT2D eigenvalue weighted by molar-refractivity contribution is 5.46. The van der Waals surface area contributed by atoms with E-state index in [0.717, 1.165) is 7.11 Å². The minimum atomic E-state index is -1.58. The van der Waals surface area contributed by atoms with Crippen LogP contribution in [-0.2, 0) is 0 Å². The summed E-state index contributed by atoms with van der Waals surface area (Å²) in [4.78, 5) is 26.0. The lowest BCUT2D eigenvalue weighted by Gasteiger charge is -2.05. The summed E-state index contributed by atoms with van der Waals surface area (Å²) >= 11 is 0. The molecule has 0 aromatic carbocycles. The van der Waals surface area contributed by atoms with Crippen LogP contribution in [0.1, 0.15) is 11.6 Å². The number of nitriles is 2. The number of aromatic nitrogens is 2. The van der Waals surface area contributed by atoms with E-state index < -0.39 is 39.0 Å². The van der Waals surface area contributed by atoms with Crippen LogP contribution >= 0.6 is 0 Å². The standard InChI is InChI=1S/C8H4N6O5/c1-19-8-7(14(17)18)12-6(13(15)16)5(11-8)4(2-9)3-10/h4H,1H3. The zero-order chi connectivity index (χ0) is 14.6. The molecule has 0 saturated heterocycles. The van der Waals surface area contributed by atoms with Gasteiger partial charge < -0.3 is 25.0 Å². The molecule has 96 valence electrons.